The van der Waals surface area contributed by atoms with Gasteiger partial charge in [-0.05, 0) is 39.3 Å². The number of nitrogens with zero attached hydrogens (tertiary/aromatic N) is 1. The summed E-state index contributed by atoms with van der Waals surface area (Å²) in [6.45, 7) is 5.82. The lowest BCUT2D eigenvalue weighted by atomic mass is 9.92. The summed E-state index contributed by atoms with van der Waals surface area (Å²) in [5.41, 5.74) is -0.800. The van der Waals surface area contributed by atoms with Crippen LogP contribution in [-0.4, -0.2) is 61.4 Å². The molecule has 0 amide bonds. The van der Waals surface area contributed by atoms with Crippen molar-refractivity contribution in [1.82, 2.24) is 10.2 Å². The number of nitrogens with one attached hydrogen (secondary N) is 1. The lowest BCUT2D eigenvalue weighted by molar-refractivity contribution is -0.147. The van der Waals surface area contributed by atoms with Crippen molar-refractivity contribution in [3.63, 3.8) is 0 Å². The second kappa shape index (κ2) is 6.50. The zero-order chi connectivity index (χ0) is 13.8. The number of likely N-dealkylation sites (N-methyl/N-ethyl adjacent to an activating group) is 2. The Hall–Kier alpha value is -0.650. The van der Waals surface area contributed by atoms with Crippen molar-refractivity contribution in [3.05, 3.63) is 0 Å². The summed E-state index contributed by atoms with van der Waals surface area (Å²) in [4.78, 5) is 13.8. The molecule has 0 radical (unpaired) electrons. The molecule has 106 valence electrons. The van der Waals surface area contributed by atoms with Crippen molar-refractivity contribution in [2.45, 2.75) is 38.3 Å². The largest absolute Gasteiger partial charge is 0.480 e. The third-order valence-electron chi connectivity index (χ3n) is 3.81. The SMILES string of the molecule is CCNC(CN(C)C(C)COC)(C(=O)O)C1CC1. The van der Waals surface area contributed by atoms with Crippen molar-refractivity contribution in [3.8, 4) is 0 Å². The minimum absolute atomic E-state index is 0.214. The second-order valence-corrected chi connectivity index (χ2v) is 5.30. The summed E-state index contributed by atoms with van der Waals surface area (Å²) in [6.07, 6.45) is 2.01. The molecule has 0 saturated heterocycles. The number of carboxylic acids is 1. The summed E-state index contributed by atoms with van der Waals surface area (Å²) in [5.74, 6) is -0.476. The van der Waals surface area contributed by atoms with Gasteiger partial charge in [0.25, 0.3) is 0 Å². The molecule has 0 bridgehead atoms. The maximum Gasteiger partial charge on any atom is 0.325 e. The van der Waals surface area contributed by atoms with Crippen LogP contribution in [0.15, 0.2) is 0 Å². The number of carboxylic acid groups (broad SMARTS) is 1. The monoisotopic (exact) mass is 258 g/mol. The van der Waals surface area contributed by atoms with Crippen LogP contribution in [0.2, 0.25) is 0 Å². The average molecular weight is 258 g/mol. The number of hydrogen-bond acceptors (Lipinski definition) is 4. The van der Waals surface area contributed by atoms with Crippen LogP contribution >= 0.6 is 0 Å². The van der Waals surface area contributed by atoms with E-state index in [4.69, 9.17) is 4.74 Å². The molecular weight excluding hydrogens is 232 g/mol. The van der Waals surface area contributed by atoms with E-state index in [1.54, 1.807) is 7.11 Å². The number of methoxy groups -OCH3 is 1. The van der Waals surface area contributed by atoms with Gasteiger partial charge in [0.2, 0.25) is 0 Å². The highest BCUT2D eigenvalue weighted by Crippen LogP contribution is 2.40. The van der Waals surface area contributed by atoms with E-state index in [9.17, 15) is 9.90 Å². The molecule has 1 aliphatic carbocycles. The smallest absolute Gasteiger partial charge is 0.325 e. The predicted octanol–water partition coefficient (Wildman–Crippen LogP) is 0.796. The van der Waals surface area contributed by atoms with Crippen LogP contribution in [0.3, 0.4) is 0 Å². The van der Waals surface area contributed by atoms with Crippen LogP contribution in [0, 0.1) is 5.92 Å². The van der Waals surface area contributed by atoms with Crippen molar-refractivity contribution in [2.75, 3.05) is 33.9 Å². The number of carbonyl (C=O) groups is 1. The Bertz CT molecular complexity index is 281. The summed E-state index contributed by atoms with van der Waals surface area (Å²) < 4.78 is 5.13. The Kier molecular flexibility index (Phi) is 5.56. The molecule has 5 heteroatoms. The van der Waals surface area contributed by atoms with Gasteiger partial charge in [0, 0.05) is 19.7 Å². The molecule has 0 aliphatic heterocycles. The van der Waals surface area contributed by atoms with Crippen LogP contribution in [-0.2, 0) is 9.53 Å². The Balaban J connectivity index is 2.74. The van der Waals surface area contributed by atoms with E-state index in [-0.39, 0.29) is 12.0 Å². The van der Waals surface area contributed by atoms with Gasteiger partial charge in [-0.2, -0.15) is 0 Å². The highest BCUT2D eigenvalue weighted by Gasteiger charge is 2.51. The fourth-order valence-electron chi connectivity index (χ4n) is 2.46. The molecule has 0 aromatic carbocycles. The minimum Gasteiger partial charge on any atom is -0.480 e. The molecule has 0 aromatic rings. The highest BCUT2D eigenvalue weighted by atomic mass is 16.5. The number of aliphatic carboxylic acids is 1. The number of ether oxygens (including phenoxy) is 1. The van der Waals surface area contributed by atoms with Gasteiger partial charge in [-0.1, -0.05) is 6.92 Å². The molecule has 1 saturated carbocycles. The third-order valence-corrected chi connectivity index (χ3v) is 3.81. The predicted molar refractivity (Wildman–Crippen MR) is 70.7 cm³/mol. The lowest BCUT2D eigenvalue weighted by Crippen LogP contribution is -2.61. The maximum absolute atomic E-state index is 11.7. The van der Waals surface area contributed by atoms with Crippen LogP contribution in [0.4, 0.5) is 0 Å². The molecule has 2 unspecified atom stereocenters. The average Bonchev–Trinajstić information content (AvgIpc) is 3.12. The molecule has 5 nitrogen and oxygen atoms in total. The van der Waals surface area contributed by atoms with Crippen LogP contribution in [0.5, 0.6) is 0 Å². The number of rotatable bonds is 9. The van der Waals surface area contributed by atoms with E-state index in [1.807, 2.05) is 14.0 Å². The topological polar surface area (TPSA) is 61.8 Å². The van der Waals surface area contributed by atoms with E-state index >= 15 is 0 Å². The highest BCUT2D eigenvalue weighted by molar-refractivity contribution is 5.80. The van der Waals surface area contributed by atoms with Gasteiger partial charge in [-0.3, -0.25) is 9.69 Å². The first kappa shape index (κ1) is 15.4. The Morgan fingerprint density at radius 2 is 2.22 bits per heavy atom. The zero-order valence-electron chi connectivity index (χ0n) is 11.9. The molecule has 2 atom stereocenters. The van der Waals surface area contributed by atoms with Crippen molar-refractivity contribution >= 4 is 5.97 Å². The molecular formula is C13H26N2O3. The number of hydrogen-bond donors (Lipinski definition) is 2. The van der Waals surface area contributed by atoms with Crippen molar-refractivity contribution in [1.29, 1.82) is 0 Å². The van der Waals surface area contributed by atoms with Gasteiger partial charge >= 0.3 is 5.97 Å². The first-order valence-electron chi connectivity index (χ1n) is 6.65. The van der Waals surface area contributed by atoms with E-state index in [0.29, 0.717) is 19.7 Å². The van der Waals surface area contributed by atoms with E-state index < -0.39 is 11.5 Å². The van der Waals surface area contributed by atoms with Crippen molar-refractivity contribution < 1.29 is 14.6 Å². The molecule has 0 aromatic heterocycles. The molecule has 1 rings (SSSR count). The van der Waals surface area contributed by atoms with E-state index in [2.05, 4.69) is 17.1 Å². The fraction of sp³-hybridized carbons (Fsp3) is 0.923. The summed E-state index contributed by atoms with van der Waals surface area (Å²) in [6, 6.07) is 0.214. The van der Waals surface area contributed by atoms with Gasteiger partial charge in [0.05, 0.1) is 6.61 Å². The fourth-order valence-corrected chi connectivity index (χ4v) is 2.46. The van der Waals surface area contributed by atoms with Gasteiger partial charge < -0.3 is 15.2 Å². The minimum atomic E-state index is -0.800. The summed E-state index contributed by atoms with van der Waals surface area (Å²) in [5, 5.41) is 12.8. The van der Waals surface area contributed by atoms with Gasteiger partial charge in [0.1, 0.15) is 5.54 Å². The second-order valence-electron chi connectivity index (χ2n) is 5.30. The van der Waals surface area contributed by atoms with E-state index in [0.717, 1.165) is 12.8 Å². The molecule has 2 N–H and O–H groups in total. The Morgan fingerprint density at radius 1 is 1.61 bits per heavy atom. The molecule has 0 heterocycles. The molecule has 18 heavy (non-hydrogen) atoms. The zero-order valence-corrected chi connectivity index (χ0v) is 11.9. The quantitative estimate of drug-likeness (QED) is 0.640. The van der Waals surface area contributed by atoms with Gasteiger partial charge in [-0.15, -0.1) is 0 Å². The van der Waals surface area contributed by atoms with Gasteiger partial charge in [0.15, 0.2) is 0 Å². The van der Waals surface area contributed by atoms with Crippen LogP contribution in [0.25, 0.3) is 0 Å². The van der Waals surface area contributed by atoms with E-state index in [1.165, 1.54) is 0 Å². The lowest BCUT2D eigenvalue weighted by Gasteiger charge is -2.36. The molecule has 1 fully saturated rings. The Morgan fingerprint density at radius 3 is 2.61 bits per heavy atom. The Labute approximate surface area is 109 Å². The third kappa shape index (κ3) is 3.43. The normalized spacial score (nSPS) is 20.7. The van der Waals surface area contributed by atoms with Crippen LogP contribution < -0.4 is 5.32 Å². The van der Waals surface area contributed by atoms with Crippen molar-refractivity contribution in [2.24, 2.45) is 5.92 Å². The summed E-state index contributed by atoms with van der Waals surface area (Å²) in [7, 11) is 3.63. The standard InChI is InChI=1S/C13H26N2O3/c1-5-14-13(12(16)17,11-6-7-11)9-15(3)10(2)8-18-4/h10-11,14H,5-9H2,1-4H3,(H,16,17). The van der Waals surface area contributed by atoms with Gasteiger partial charge in [-0.25, -0.2) is 0 Å². The van der Waals surface area contributed by atoms with Crippen LogP contribution in [0.1, 0.15) is 26.7 Å². The maximum atomic E-state index is 11.7. The first-order valence-corrected chi connectivity index (χ1v) is 6.65. The summed E-state index contributed by atoms with van der Waals surface area (Å²) >= 11 is 0. The molecule has 1 aliphatic rings. The first-order chi connectivity index (χ1) is 8.47. The molecule has 0 spiro atoms.